The van der Waals surface area contributed by atoms with Crippen molar-refractivity contribution in [2.75, 3.05) is 0 Å². The van der Waals surface area contributed by atoms with Crippen molar-refractivity contribution in [1.29, 1.82) is 0 Å². The smallest absolute Gasteiger partial charge is 0.173 e. The Hall–Kier alpha value is -2.38. The number of hydrogen-bond acceptors (Lipinski definition) is 0. The monoisotopic (exact) mass is 307 g/mol. The van der Waals surface area contributed by atoms with Gasteiger partial charge in [0.2, 0.25) is 0 Å². The van der Waals surface area contributed by atoms with Crippen molar-refractivity contribution in [3.05, 3.63) is 102 Å². The first-order valence-electron chi connectivity index (χ1n) is 7.16. The van der Waals surface area contributed by atoms with E-state index < -0.39 is 0 Å². The molecule has 110 valence electrons. The average molecular weight is 308 g/mol. The van der Waals surface area contributed by atoms with Crippen LogP contribution in [-0.2, 0) is 6.54 Å². The first kappa shape index (κ1) is 16.0. The van der Waals surface area contributed by atoms with Crippen LogP contribution in [0.3, 0.4) is 0 Å². The van der Waals surface area contributed by atoms with E-state index in [0.717, 1.165) is 6.54 Å². The van der Waals surface area contributed by atoms with Crippen LogP contribution in [0.5, 0.6) is 0 Å². The number of nitrogens with zero attached hydrogens (tertiary/aromatic N) is 1. The maximum Gasteiger partial charge on any atom is 0.173 e. The molecule has 0 spiro atoms. The largest absolute Gasteiger partial charge is 1.00 e. The van der Waals surface area contributed by atoms with E-state index in [4.69, 9.17) is 0 Å². The SMILES string of the molecule is C(=Cc1cc[n+](Cc2ccccc2)cc1)c1ccccc1.[Cl-]. The van der Waals surface area contributed by atoms with E-state index in [-0.39, 0.29) is 12.4 Å². The van der Waals surface area contributed by atoms with Gasteiger partial charge in [-0.25, -0.2) is 4.57 Å². The second-order valence-corrected chi connectivity index (χ2v) is 5.03. The summed E-state index contributed by atoms with van der Waals surface area (Å²) < 4.78 is 2.19. The molecule has 0 N–H and O–H groups in total. The summed E-state index contributed by atoms with van der Waals surface area (Å²) in [5, 5.41) is 0. The molecule has 1 heterocycles. The number of hydrogen-bond donors (Lipinski definition) is 0. The van der Waals surface area contributed by atoms with E-state index >= 15 is 0 Å². The predicted molar refractivity (Wildman–Crippen MR) is 87.6 cm³/mol. The highest BCUT2D eigenvalue weighted by Crippen LogP contribution is 2.06. The van der Waals surface area contributed by atoms with Gasteiger partial charge in [-0.1, -0.05) is 72.8 Å². The van der Waals surface area contributed by atoms with Crippen LogP contribution in [0.1, 0.15) is 16.7 Å². The van der Waals surface area contributed by atoms with Gasteiger partial charge in [-0.05, 0) is 11.1 Å². The van der Waals surface area contributed by atoms with Crippen LogP contribution in [0.25, 0.3) is 12.2 Å². The lowest BCUT2D eigenvalue weighted by atomic mass is 10.1. The van der Waals surface area contributed by atoms with Crippen LogP contribution in [0, 0.1) is 0 Å². The summed E-state index contributed by atoms with van der Waals surface area (Å²) in [4.78, 5) is 0. The number of rotatable bonds is 4. The molecule has 0 bridgehead atoms. The summed E-state index contributed by atoms with van der Waals surface area (Å²) >= 11 is 0. The molecule has 2 aromatic carbocycles. The third kappa shape index (κ3) is 4.57. The molecule has 3 aromatic rings. The van der Waals surface area contributed by atoms with Crippen LogP contribution in [0.4, 0.5) is 0 Å². The van der Waals surface area contributed by atoms with Crippen LogP contribution < -0.4 is 17.0 Å². The molecule has 0 fully saturated rings. The Labute approximate surface area is 138 Å². The fraction of sp³-hybridized carbons (Fsp3) is 0.0500. The standard InChI is InChI=1S/C20H18N.ClH/c1-3-7-18(8-4-1)11-12-19-13-15-21(16-14-19)17-20-9-5-2-6-10-20;/h1-16H,17H2;1H/q+1;/p-1. The Bertz CT molecular complexity index is 704. The highest BCUT2D eigenvalue weighted by molar-refractivity contribution is 5.69. The Morgan fingerprint density at radius 2 is 1.14 bits per heavy atom. The normalized spacial score (nSPS) is 10.4. The molecule has 0 saturated carbocycles. The van der Waals surface area contributed by atoms with Crippen LogP contribution in [0.2, 0.25) is 0 Å². The molecule has 2 heteroatoms. The number of pyridine rings is 1. The van der Waals surface area contributed by atoms with E-state index in [1.807, 2.05) is 12.1 Å². The molecule has 0 aliphatic rings. The molecule has 0 aliphatic heterocycles. The molecule has 0 aliphatic carbocycles. The molecule has 1 nitrogen and oxygen atoms in total. The van der Waals surface area contributed by atoms with E-state index in [1.54, 1.807) is 0 Å². The first-order chi connectivity index (χ1) is 10.4. The fourth-order valence-electron chi connectivity index (χ4n) is 2.24. The maximum atomic E-state index is 2.19. The van der Waals surface area contributed by atoms with Gasteiger partial charge in [-0.15, -0.1) is 0 Å². The molecular formula is C20H18ClN. The zero-order valence-corrected chi connectivity index (χ0v) is 13.0. The van der Waals surface area contributed by atoms with Gasteiger partial charge < -0.3 is 12.4 Å². The number of benzene rings is 2. The van der Waals surface area contributed by atoms with Crippen LogP contribution >= 0.6 is 0 Å². The van der Waals surface area contributed by atoms with Crippen molar-refractivity contribution in [1.82, 2.24) is 0 Å². The van der Waals surface area contributed by atoms with Crippen molar-refractivity contribution < 1.29 is 17.0 Å². The van der Waals surface area contributed by atoms with Crippen molar-refractivity contribution >= 4 is 12.2 Å². The maximum absolute atomic E-state index is 2.19. The molecule has 0 atom stereocenters. The lowest BCUT2D eigenvalue weighted by Gasteiger charge is -1.98. The minimum absolute atomic E-state index is 0. The molecule has 1 aromatic heterocycles. The topological polar surface area (TPSA) is 3.88 Å². The summed E-state index contributed by atoms with van der Waals surface area (Å²) in [6, 6.07) is 25.1. The molecule has 22 heavy (non-hydrogen) atoms. The molecule has 0 unspecified atom stereocenters. The van der Waals surface area contributed by atoms with Gasteiger partial charge in [-0.3, -0.25) is 0 Å². The lowest BCUT2D eigenvalue weighted by Crippen LogP contribution is -3.00. The van der Waals surface area contributed by atoms with E-state index in [1.165, 1.54) is 16.7 Å². The summed E-state index contributed by atoms with van der Waals surface area (Å²) in [5.41, 5.74) is 3.75. The summed E-state index contributed by atoms with van der Waals surface area (Å²) in [7, 11) is 0. The molecule has 0 amide bonds. The zero-order chi connectivity index (χ0) is 14.3. The van der Waals surface area contributed by atoms with E-state index in [2.05, 4.69) is 89.8 Å². The van der Waals surface area contributed by atoms with Gasteiger partial charge in [0, 0.05) is 17.7 Å². The van der Waals surface area contributed by atoms with E-state index in [0.29, 0.717) is 0 Å². The van der Waals surface area contributed by atoms with Gasteiger partial charge in [0.1, 0.15) is 0 Å². The Morgan fingerprint density at radius 3 is 1.73 bits per heavy atom. The van der Waals surface area contributed by atoms with Crippen molar-refractivity contribution in [2.24, 2.45) is 0 Å². The lowest BCUT2D eigenvalue weighted by molar-refractivity contribution is -0.688. The number of aromatic nitrogens is 1. The number of halogens is 1. The van der Waals surface area contributed by atoms with Gasteiger partial charge >= 0.3 is 0 Å². The minimum atomic E-state index is 0. The van der Waals surface area contributed by atoms with Gasteiger partial charge in [0.15, 0.2) is 18.9 Å². The molecule has 3 rings (SSSR count). The summed E-state index contributed by atoms with van der Waals surface area (Å²) in [5.74, 6) is 0. The van der Waals surface area contributed by atoms with Crippen molar-refractivity contribution in [3.63, 3.8) is 0 Å². The molecular weight excluding hydrogens is 290 g/mol. The van der Waals surface area contributed by atoms with Crippen molar-refractivity contribution in [2.45, 2.75) is 6.54 Å². The fourth-order valence-corrected chi connectivity index (χ4v) is 2.24. The van der Waals surface area contributed by atoms with Gasteiger partial charge in [0.25, 0.3) is 0 Å². The average Bonchev–Trinajstić information content (AvgIpc) is 2.56. The molecule has 0 radical (unpaired) electrons. The van der Waals surface area contributed by atoms with Gasteiger partial charge in [-0.2, -0.15) is 0 Å². The van der Waals surface area contributed by atoms with Crippen LogP contribution in [0.15, 0.2) is 85.2 Å². The summed E-state index contributed by atoms with van der Waals surface area (Å²) in [6.07, 6.45) is 8.52. The first-order valence-corrected chi connectivity index (χ1v) is 7.16. The Morgan fingerprint density at radius 1 is 0.636 bits per heavy atom. The molecule has 0 saturated heterocycles. The highest BCUT2D eigenvalue weighted by Gasteiger charge is 2.01. The van der Waals surface area contributed by atoms with Crippen LogP contribution in [-0.4, -0.2) is 0 Å². The predicted octanol–water partition coefficient (Wildman–Crippen LogP) is 1.20. The van der Waals surface area contributed by atoms with Crippen molar-refractivity contribution in [3.8, 4) is 0 Å². The third-order valence-electron chi connectivity index (χ3n) is 3.39. The zero-order valence-electron chi connectivity index (χ0n) is 12.3. The minimum Gasteiger partial charge on any atom is -1.00 e. The Balaban J connectivity index is 0.00000176. The second kappa shape index (κ2) is 8.16. The van der Waals surface area contributed by atoms with Gasteiger partial charge in [0.05, 0.1) is 0 Å². The van der Waals surface area contributed by atoms with E-state index in [9.17, 15) is 0 Å². The quantitative estimate of drug-likeness (QED) is 0.638. The Kier molecular flexibility index (Phi) is 5.93. The highest BCUT2D eigenvalue weighted by atomic mass is 35.5. The third-order valence-corrected chi connectivity index (χ3v) is 3.39. The summed E-state index contributed by atoms with van der Waals surface area (Å²) in [6.45, 7) is 0.906. The second-order valence-electron chi connectivity index (χ2n) is 5.03.